The van der Waals surface area contributed by atoms with Crippen molar-refractivity contribution in [3.63, 3.8) is 0 Å². The van der Waals surface area contributed by atoms with Crippen molar-refractivity contribution >= 4 is 46.0 Å². The minimum atomic E-state index is -1.06. The van der Waals surface area contributed by atoms with Crippen LogP contribution >= 0.6 is 23.2 Å². The van der Waals surface area contributed by atoms with Gasteiger partial charge < -0.3 is 19.5 Å². The predicted octanol–water partition coefficient (Wildman–Crippen LogP) is 8.10. The van der Waals surface area contributed by atoms with Gasteiger partial charge in [-0.2, -0.15) is 0 Å². The van der Waals surface area contributed by atoms with E-state index < -0.39 is 17.6 Å². The Morgan fingerprint density at radius 1 is 0.951 bits per heavy atom. The number of rotatable bonds is 7. The van der Waals surface area contributed by atoms with Crippen LogP contribution in [-0.2, 0) is 15.9 Å². The van der Waals surface area contributed by atoms with Gasteiger partial charge in [-0.05, 0) is 96.3 Å². The molecule has 9 heteroatoms. The average molecular weight is 603 g/mol. The SMILES string of the molecule is COC(OC)C1CCN(c2cc(F)c(C3=C(c4ccc(Cl)cc4Cl)CCCc4cc(C(=O)O)ccc43)c(F)c2)CC1. The second kappa shape index (κ2) is 12.5. The first-order chi connectivity index (χ1) is 19.7. The molecular weight excluding hydrogens is 571 g/mol. The summed E-state index contributed by atoms with van der Waals surface area (Å²) < 4.78 is 43.1. The first kappa shape index (κ1) is 29.5. The Morgan fingerprint density at radius 2 is 1.61 bits per heavy atom. The van der Waals surface area contributed by atoms with Gasteiger partial charge in [0.1, 0.15) is 11.6 Å². The molecule has 216 valence electrons. The largest absolute Gasteiger partial charge is 0.478 e. The van der Waals surface area contributed by atoms with E-state index in [-0.39, 0.29) is 23.3 Å². The third-order valence-electron chi connectivity index (χ3n) is 8.08. The van der Waals surface area contributed by atoms with Gasteiger partial charge in [-0.3, -0.25) is 0 Å². The maximum Gasteiger partial charge on any atom is 0.335 e. The Kier molecular flexibility index (Phi) is 9.00. The van der Waals surface area contributed by atoms with Gasteiger partial charge in [0, 0.05) is 49.0 Å². The summed E-state index contributed by atoms with van der Waals surface area (Å²) in [5.74, 6) is -2.25. The third-order valence-corrected chi connectivity index (χ3v) is 8.63. The highest BCUT2D eigenvalue weighted by Crippen LogP contribution is 2.44. The molecule has 0 saturated carbocycles. The lowest BCUT2D eigenvalue weighted by molar-refractivity contribution is -0.141. The number of halogens is 4. The standard InChI is InChI=1S/C32H31Cl2F2NO4/c1-40-32(41-2)18-10-12-37(13-11-18)22-16-27(35)30(28(36)17-22)29-23-8-6-20(31(38)39)14-19(23)4-3-5-25(29)24-9-7-21(33)15-26(24)34/h6-9,14-18,32H,3-5,10-13H2,1-2H3,(H,38,39). The molecule has 1 aliphatic carbocycles. The van der Waals surface area contributed by atoms with Crippen LogP contribution in [0.15, 0.2) is 48.5 Å². The van der Waals surface area contributed by atoms with E-state index in [2.05, 4.69) is 0 Å². The van der Waals surface area contributed by atoms with E-state index in [1.54, 1.807) is 44.6 Å². The number of fused-ring (bicyclic) bond motifs is 1. The van der Waals surface area contributed by atoms with E-state index >= 15 is 8.78 Å². The number of hydrogen-bond acceptors (Lipinski definition) is 4. The van der Waals surface area contributed by atoms with Gasteiger partial charge in [0.15, 0.2) is 6.29 Å². The lowest BCUT2D eigenvalue weighted by Gasteiger charge is -2.36. The van der Waals surface area contributed by atoms with Gasteiger partial charge in [-0.15, -0.1) is 0 Å². The van der Waals surface area contributed by atoms with Crippen LogP contribution in [0.2, 0.25) is 10.0 Å². The summed E-state index contributed by atoms with van der Waals surface area (Å²) in [6.07, 6.45) is 2.91. The number of aromatic carboxylic acids is 1. The van der Waals surface area contributed by atoms with E-state index in [4.69, 9.17) is 32.7 Å². The highest BCUT2D eigenvalue weighted by atomic mass is 35.5. The Balaban J connectivity index is 1.62. The number of hydrogen-bond donors (Lipinski definition) is 1. The second-order valence-corrected chi connectivity index (χ2v) is 11.3. The number of ether oxygens (including phenoxy) is 2. The first-order valence-corrected chi connectivity index (χ1v) is 14.3. The molecule has 1 saturated heterocycles. The van der Waals surface area contributed by atoms with Crippen LogP contribution in [0, 0.1) is 17.6 Å². The van der Waals surface area contributed by atoms with Crippen molar-refractivity contribution in [2.75, 3.05) is 32.2 Å². The van der Waals surface area contributed by atoms with E-state index in [1.165, 1.54) is 18.2 Å². The fraction of sp³-hybridized carbons (Fsp3) is 0.344. The molecule has 5 rings (SSSR count). The van der Waals surface area contributed by atoms with Crippen LogP contribution in [0.25, 0.3) is 11.1 Å². The van der Waals surface area contributed by atoms with Crippen molar-refractivity contribution < 1.29 is 28.2 Å². The number of benzene rings is 3. The van der Waals surface area contributed by atoms with E-state index in [0.717, 1.165) is 18.4 Å². The molecule has 1 fully saturated rings. The number of nitrogens with zero attached hydrogens (tertiary/aromatic N) is 1. The van der Waals surface area contributed by atoms with Crippen LogP contribution in [-0.4, -0.2) is 44.7 Å². The summed E-state index contributed by atoms with van der Waals surface area (Å²) in [5.41, 5.74) is 3.44. The molecule has 41 heavy (non-hydrogen) atoms. The quantitative estimate of drug-likeness (QED) is 0.277. The Morgan fingerprint density at radius 3 is 2.22 bits per heavy atom. The molecule has 0 amide bonds. The van der Waals surface area contributed by atoms with Gasteiger partial charge in [-0.1, -0.05) is 35.3 Å². The molecule has 5 nitrogen and oxygen atoms in total. The van der Waals surface area contributed by atoms with Crippen molar-refractivity contribution in [2.24, 2.45) is 5.92 Å². The van der Waals surface area contributed by atoms with Crippen LogP contribution in [0.3, 0.4) is 0 Å². The van der Waals surface area contributed by atoms with Crippen LogP contribution in [0.1, 0.15) is 58.3 Å². The van der Waals surface area contributed by atoms with Crippen LogP contribution in [0.5, 0.6) is 0 Å². The molecule has 0 atom stereocenters. The molecule has 0 radical (unpaired) electrons. The summed E-state index contributed by atoms with van der Waals surface area (Å²) in [6, 6.07) is 12.5. The molecule has 0 unspecified atom stereocenters. The number of allylic oxidation sites excluding steroid dienone is 1. The molecule has 1 N–H and O–H groups in total. The fourth-order valence-electron chi connectivity index (χ4n) is 6.10. The van der Waals surface area contributed by atoms with Crippen LogP contribution < -0.4 is 4.90 Å². The van der Waals surface area contributed by atoms with E-state index in [1.807, 2.05) is 4.90 Å². The minimum absolute atomic E-state index is 0.125. The molecule has 0 spiro atoms. The van der Waals surface area contributed by atoms with Crippen molar-refractivity contribution in [3.05, 3.63) is 98.0 Å². The lowest BCUT2D eigenvalue weighted by atomic mass is 9.86. The van der Waals surface area contributed by atoms with Crippen molar-refractivity contribution in [1.29, 1.82) is 0 Å². The zero-order valence-corrected chi connectivity index (χ0v) is 24.4. The van der Waals surface area contributed by atoms with Gasteiger partial charge in [0.05, 0.1) is 11.1 Å². The molecule has 1 aliphatic heterocycles. The molecular formula is C32H31Cl2F2NO4. The number of aryl methyl sites for hydroxylation is 1. The maximum absolute atomic E-state index is 16.2. The molecule has 0 aromatic heterocycles. The van der Waals surface area contributed by atoms with E-state index in [0.29, 0.717) is 70.4 Å². The summed E-state index contributed by atoms with van der Waals surface area (Å²) in [4.78, 5) is 13.7. The minimum Gasteiger partial charge on any atom is -0.478 e. The number of piperidine rings is 1. The van der Waals surface area contributed by atoms with Gasteiger partial charge in [0.2, 0.25) is 0 Å². The third kappa shape index (κ3) is 6.00. The molecule has 0 bridgehead atoms. The zero-order valence-electron chi connectivity index (χ0n) is 22.9. The predicted molar refractivity (Wildman–Crippen MR) is 158 cm³/mol. The number of carboxylic acid groups (broad SMARTS) is 1. The first-order valence-electron chi connectivity index (χ1n) is 13.6. The Bertz CT molecular complexity index is 1470. The Labute approximate surface area is 248 Å². The number of carboxylic acids is 1. The molecule has 3 aromatic carbocycles. The van der Waals surface area contributed by atoms with E-state index in [9.17, 15) is 9.90 Å². The number of methoxy groups -OCH3 is 2. The summed E-state index contributed by atoms with van der Waals surface area (Å²) >= 11 is 12.8. The fourth-order valence-corrected chi connectivity index (χ4v) is 6.62. The van der Waals surface area contributed by atoms with Crippen molar-refractivity contribution in [2.45, 2.75) is 38.4 Å². The number of anilines is 1. The summed E-state index contributed by atoms with van der Waals surface area (Å²) in [6.45, 7) is 1.22. The monoisotopic (exact) mass is 601 g/mol. The van der Waals surface area contributed by atoms with Gasteiger partial charge in [0.25, 0.3) is 0 Å². The lowest BCUT2D eigenvalue weighted by Crippen LogP contribution is -2.39. The smallest absolute Gasteiger partial charge is 0.335 e. The van der Waals surface area contributed by atoms with Gasteiger partial charge in [-0.25, -0.2) is 13.6 Å². The van der Waals surface area contributed by atoms with Gasteiger partial charge >= 0.3 is 5.97 Å². The second-order valence-electron chi connectivity index (χ2n) is 10.5. The van der Waals surface area contributed by atoms with Crippen molar-refractivity contribution in [1.82, 2.24) is 0 Å². The van der Waals surface area contributed by atoms with Crippen LogP contribution in [0.4, 0.5) is 14.5 Å². The average Bonchev–Trinajstić information content (AvgIpc) is 3.13. The highest BCUT2D eigenvalue weighted by Gasteiger charge is 2.30. The summed E-state index contributed by atoms with van der Waals surface area (Å²) in [5, 5.41) is 10.4. The molecule has 3 aromatic rings. The molecule has 2 aliphatic rings. The topological polar surface area (TPSA) is 59.0 Å². The zero-order chi connectivity index (χ0) is 29.3. The number of carbonyl (C=O) groups is 1. The Hall–Kier alpha value is -2.97. The maximum atomic E-state index is 16.2. The molecule has 1 heterocycles. The highest BCUT2D eigenvalue weighted by molar-refractivity contribution is 6.36. The normalized spacial score (nSPS) is 16.2. The van der Waals surface area contributed by atoms with Crippen molar-refractivity contribution in [3.8, 4) is 0 Å². The summed E-state index contributed by atoms with van der Waals surface area (Å²) in [7, 11) is 3.22.